The maximum absolute atomic E-state index is 14.4. The minimum Gasteiger partial charge on any atom is -0.351 e. The number of alkyl halides is 2. The Morgan fingerprint density at radius 2 is 0.975 bits per heavy atom. The molecule has 23 nitrogen and oxygen atoms in total. The molecule has 4 heterocycles. The summed E-state index contributed by atoms with van der Waals surface area (Å²) in [6, 6.07) is 23.9. The molecule has 8 aromatic rings. The highest BCUT2D eigenvalue weighted by molar-refractivity contribution is 9.09. The highest BCUT2D eigenvalue weighted by atomic mass is 79.9. The Balaban J connectivity index is 0.861. The van der Waals surface area contributed by atoms with Crippen molar-refractivity contribution in [3.63, 3.8) is 0 Å². The van der Waals surface area contributed by atoms with Gasteiger partial charge in [0, 0.05) is 122 Å². The second kappa shape index (κ2) is 21.3. The molecular weight excluding hydrogens is 1200 g/mol. The number of nitro groups is 2. The third-order valence-electron chi connectivity index (χ3n) is 14.5. The number of benzene rings is 6. The summed E-state index contributed by atoms with van der Waals surface area (Å²) in [6.45, 7) is 4.01. The number of aromatic nitrogens is 2. The monoisotopic (exact) mass is 1250 g/mol. The van der Waals surface area contributed by atoms with Crippen LogP contribution >= 0.6 is 31.9 Å². The van der Waals surface area contributed by atoms with E-state index in [-0.39, 0.29) is 81.3 Å². The largest absolute Gasteiger partial charge is 0.351 e. The Hall–Kier alpha value is -7.37. The number of non-ortho nitro benzene ring substituents is 2. The van der Waals surface area contributed by atoms with E-state index in [1.165, 1.54) is 56.2 Å². The molecule has 80 heavy (non-hydrogen) atoms. The predicted molar refractivity (Wildman–Crippen MR) is 313 cm³/mol. The van der Waals surface area contributed by atoms with Gasteiger partial charge in [-0.05, 0) is 109 Å². The SMILES string of the molecule is CCN(N(C)C)S(=O)(=O)c1ccc2c3c(cc([N+](=O)[O-])c2c1)N(C(=O)c1cc2cc(NC(=O)Nc4ccc5[nH]c(C(=O)N6CC(CBr)c7c6cc([N+](=O)[O-])c6cc(S(=O)(=O)N(CC)N(C)C)ccc76)cc5c4)ccc2[nH]1)CC3CBr. The second-order valence-electron chi connectivity index (χ2n) is 19.7. The van der Waals surface area contributed by atoms with E-state index in [0.29, 0.717) is 77.1 Å². The van der Waals surface area contributed by atoms with Crippen LogP contribution in [-0.4, -0.2) is 138 Å². The first-order valence-electron chi connectivity index (χ1n) is 25.0. The van der Waals surface area contributed by atoms with Crippen molar-refractivity contribution in [3.05, 3.63) is 140 Å². The smallest absolute Gasteiger partial charge is 0.323 e. The molecular formula is C53H52Br2N12O11S2. The first kappa shape index (κ1) is 55.9. The number of carbonyl (C=O) groups excluding carboxylic acids is 3. The van der Waals surface area contributed by atoms with Gasteiger partial charge in [-0.2, -0.15) is 0 Å². The van der Waals surface area contributed by atoms with Crippen molar-refractivity contribution in [3.8, 4) is 0 Å². The van der Waals surface area contributed by atoms with Crippen LogP contribution < -0.4 is 20.4 Å². The molecule has 2 aliphatic rings. The third kappa shape index (κ3) is 9.62. The van der Waals surface area contributed by atoms with Crippen LogP contribution in [0.4, 0.5) is 38.9 Å². The molecule has 0 bridgehead atoms. The van der Waals surface area contributed by atoms with Gasteiger partial charge in [-0.3, -0.25) is 29.8 Å². The summed E-state index contributed by atoms with van der Waals surface area (Å²) in [5.74, 6) is -1.50. The average molecular weight is 1260 g/mol. The molecule has 0 saturated heterocycles. The van der Waals surface area contributed by atoms with Crippen molar-refractivity contribution in [2.24, 2.45) is 0 Å². The summed E-state index contributed by atoms with van der Waals surface area (Å²) in [5, 5.41) is 36.9. The molecule has 0 saturated carbocycles. The number of carbonyl (C=O) groups is 3. The Kier molecular flexibility index (Phi) is 14.9. The summed E-state index contributed by atoms with van der Waals surface area (Å²) in [6.07, 6.45) is 0. The van der Waals surface area contributed by atoms with Gasteiger partial charge >= 0.3 is 6.03 Å². The van der Waals surface area contributed by atoms with E-state index in [1.807, 2.05) is 0 Å². The molecule has 27 heteroatoms. The number of urea groups is 1. The van der Waals surface area contributed by atoms with Crippen LogP contribution in [0, 0.1) is 20.2 Å². The normalized spacial score (nSPS) is 15.6. The Morgan fingerprint density at radius 3 is 1.31 bits per heavy atom. The molecule has 2 atom stereocenters. The van der Waals surface area contributed by atoms with Gasteiger partial charge in [0.25, 0.3) is 43.2 Å². The highest BCUT2D eigenvalue weighted by Gasteiger charge is 2.40. The summed E-state index contributed by atoms with van der Waals surface area (Å²) in [5.41, 5.74) is 3.60. The van der Waals surface area contributed by atoms with Crippen LogP contribution in [0.1, 0.15) is 57.8 Å². The standard InChI is InChI=1S/C53H52Br2N12O11S2/c1-7-64(60(3)4)79(75,76)35-11-13-37-39(21-35)45(66(71)72)23-47-49(37)31(25-54)27-62(47)51(68)43-19-29-17-33(9-15-41(29)58-43)56-53(70)57-34-10-16-42-30(18-34)20-44(59-42)52(69)63-28-32(26-55)50-38-14-12-36(80(77,78)65(8-2)61(5)6)22-40(38)46(67(73)74)24-48(50)63/h9-24,31-32,58-59H,7-8,25-28H2,1-6H3,(H2,56,57,70). The van der Waals surface area contributed by atoms with E-state index < -0.39 is 47.7 Å². The van der Waals surface area contributed by atoms with Crippen LogP contribution in [0.5, 0.6) is 0 Å². The lowest BCUT2D eigenvalue weighted by Crippen LogP contribution is -2.41. The van der Waals surface area contributed by atoms with Gasteiger partial charge in [0.1, 0.15) is 11.4 Å². The van der Waals surface area contributed by atoms with Crippen LogP contribution in [0.25, 0.3) is 43.4 Å². The highest BCUT2D eigenvalue weighted by Crippen LogP contribution is 2.49. The zero-order valence-electron chi connectivity index (χ0n) is 43.8. The van der Waals surface area contributed by atoms with Crippen LogP contribution in [-0.2, 0) is 20.0 Å². The van der Waals surface area contributed by atoms with E-state index >= 15 is 0 Å². The number of hydrazine groups is 2. The molecule has 4 amide bonds. The number of nitro benzene ring substituents is 2. The number of fused-ring (bicyclic) bond motifs is 8. The zero-order valence-corrected chi connectivity index (χ0v) is 48.6. The molecule has 2 aromatic heterocycles. The predicted octanol–water partition coefficient (Wildman–Crippen LogP) is 9.67. The molecule has 0 spiro atoms. The molecule has 0 radical (unpaired) electrons. The molecule has 0 aliphatic carbocycles. The van der Waals surface area contributed by atoms with Gasteiger partial charge in [-0.15, -0.1) is 8.83 Å². The van der Waals surface area contributed by atoms with Crippen molar-refractivity contribution in [1.82, 2.24) is 28.8 Å². The number of aromatic amines is 2. The number of rotatable bonds is 16. The number of H-pyrrole nitrogens is 2. The van der Waals surface area contributed by atoms with Gasteiger partial charge in [-0.25, -0.2) is 31.6 Å². The van der Waals surface area contributed by atoms with Gasteiger partial charge < -0.3 is 30.4 Å². The maximum atomic E-state index is 14.4. The van der Waals surface area contributed by atoms with Crippen LogP contribution in [0.15, 0.2) is 107 Å². The molecule has 2 unspecified atom stereocenters. The molecule has 4 N–H and O–H groups in total. The number of halogens is 2. The van der Waals surface area contributed by atoms with Gasteiger partial charge in [0.05, 0.1) is 41.8 Å². The zero-order chi connectivity index (χ0) is 57.4. The number of hydrogen-bond donors (Lipinski definition) is 4. The number of anilines is 4. The fraction of sp³-hybridized carbons (Fsp3) is 0.264. The minimum atomic E-state index is -4.05. The van der Waals surface area contributed by atoms with Crippen molar-refractivity contribution >= 4 is 147 Å². The Labute approximate surface area is 475 Å². The molecule has 6 aromatic carbocycles. The maximum Gasteiger partial charge on any atom is 0.323 e. The summed E-state index contributed by atoms with van der Waals surface area (Å²) < 4.78 is 56.7. The average Bonchev–Trinajstić information content (AvgIpc) is 4.40. The summed E-state index contributed by atoms with van der Waals surface area (Å²) in [4.78, 5) is 75.3. The minimum absolute atomic E-state index is 0.110. The lowest BCUT2D eigenvalue weighted by atomic mass is 9.95. The number of nitrogens with one attached hydrogen (secondary N) is 4. The molecule has 416 valence electrons. The van der Waals surface area contributed by atoms with E-state index in [9.17, 15) is 51.4 Å². The first-order valence-corrected chi connectivity index (χ1v) is 30.1. The van der Waals surface area contributed by atoms with Crippen molar-refractivity contribution < 1.29 is 41.1 Å². The van der Waals surface area contributed by atoms with Crippen molar-refractivity contribution in [1.29, 1.82) is 0 Å². The molecule has 10 rings (SSSR count). The van der Waals surface area contributed by atoms with E-state index in [2.05, 4.69) is 52.5 Å². The van der Waals surface area contributed by atoms with E-state index in [1.54, 1.807) is 103 Å². The van der Waals surface area contributed by atoms with Crippen LogP contribution in [0.3, 0.4) is 0 Å². The summed E-state index contributed by atoms with van der Waals surface area (Å²) >= 11 is 7.13. The Morgan fingerprint density at radius 1 is 0.588 bits per heavy atom. The lowest BCUT2D eigenvalue weighted by Gasteiger charge is -2.26. The van der Waals surface area contributed by atoms with Gasteiger partial charge in [-0.1, -0.05) is 44.0 Å². The van der Waals surface area contributed by atoms with E-state index in [4.69, 9.17) is 0 Å². The van der Waals surface area contributed by atoms with Crippen molar-refractivity contribution in [2.75, 3.05) is 85.5 Å². The van der Waals surface area contributed by atoms with Gasteiger partial charge in [0.15, 0.2) is 0 Å². The summed E-state index contributed by atoms with van der Waals surface area (Å²) in [7, 11) is -1.74. The van der Waals surface area contributed by atoms with Crippen LogP contribution in [0.2, 0.25) is 0 Å². The number of amides is 4. The molecule has 0 fully saturated rings. The fourth-order valence-electron chi connectivity index (χ4n) is 11.0. The quantitative estimate of drug-likeness (QED) is 0.0399. The molecule has 2 aliphatic heterocycles. The fourth-order valence-corrected chi connectivity index (χ4v) is 15.1. The second-order valence-corrected chi connectivity index (χ2v) is 24.6. The van der Waals surface area contributed by atoms with Crippen molar-refractivity contribution in [2.45, 2.75) is 35.5 Å². The first-order chi connectivity index (χ1) is 38.0. The van der Waals surface area contributed by atoms with E-state index in [0.717, 1.165) is 8.83 Å². The Bertz CT molecular complexity index is 3910. The third-order valence-corrected chi connectivity index (χ3v) is 20.0. The topological polar surface area (TPSA) is 281 Å². The van der Waals surface area contributed by atoms with Gasteiger partial charge in [0.2, 0.25) is 0 Å². The number of sulfonamides is 2. The number of nitrogens with zero attached hydrogens (tertiary/aromatic N) is 8. The number of hydrogen-bond acceptors (Lipinski definition) is 13. The lowest BCUT2D eigenvalue weighted by molar-refractivity contribution is -0.383.